The summed E-state index contributed by atoms with van der Waals surface area (Å²) in [6.45, 7) is 6.69. The van der Waals surface area contributed by atoms with Crippen molar-refractivity contribution in [1.82, 2.24) is 14.9 Å². The van der Waals surface area contributed by atoms with Gasteiger partial charge in [-0.2, -0.15) is 0 Å². The number of rotatable bonds is 6. The summed E-state index contributed by atoms with van der Waals surface area (Å²) >= 11 is 0. The van der Waals surface area contributed by atoms with E-state index in [0.717, 1.165) is 58.3 Å². The Balaban J connectivity index is 1.83. The molecule has 0 saturated heterocycles. The quantitative estimate of drug-likeness (QED) is 0.445. The van der Waals surface area contributed by atoms with Gasteiger partial charge >= 0.3 is 0 Å². The maximum atomic E-state index is 14.8. The van der Waals surface area contributed by atoms with Crippen molar-refractivity contribution in [2.45, 2.75) is 65.1 Å². The van der Waals surface area contributed by atoms with Gasteiger partial charge in [0.15, 0.2) is 0 Å². The number of hydrogen-bond acceptors (Lipinski definition) is 5. The van der Waals surface area contributed by atoms with Gasteiger partial charge in [0.2, 0.25) is 0 Å². The molecule has 1 aromatic carbocycles. The zero-order valence-corrected chi connectivity index (χ0v) is 19.4. The third-order valence-electron chi connectivity index (χ3n) is 7.56. The van der Waals surface area contributed by atoms with E-state index in [-0.39, 0.29) is 29.9 Å². The average Bonchev–Trinajstić information content (AvgIpc) is 3.19. The fraction of sp³-hybridized carbons (Fsp3) is 0.423. The highest BCUT2D eigenvalue weighted by molar-refractivity contribution is 5.92. The number of carbonyl (C=O) groups is 1. The number of aryl methyl sites for hydroxylation is 1. The van der Waals surface area contributed by atoms with E-state index >= 15 is 0 Å². The van der Waals surface area contributed by atoms with Crippen molar-refractivity contribution >= 4 is 17.4 Å². The van der Waals surface area contributed by atoms with Crippen LogP contribution in [0, 0.1) is 12.7 Å². The van der Waals surface area contributed by atoms with E-state index in [2.05, 4.69) is 19.2 Å². The summed E-state index contributed by atoms with van der Waals surface area (Å²) in [5, 5.41) is 4.44. The number of pyridine rings is 2. The predicted octanol–water partition coefficient (Wildman–Crippen LogP) is 4.27. The number of nitrogens with one attached hydrogen (secondary N) is 1. The summed E-state index contributed by atoms with van der Waals surface area (Å²) in [5.41, 5.74) is 7.22. The summed E-state index contributed by atoms with van der Waals surface area (Å²) in [5.74, 6) is -0.121. The lowest BCUT2D eigenvalue weighted by Gasteiger charge is -2.28. The molecule has 5 rings (SSSR count). The maximum absolute atomic E-state index is 14.8. The first-order chi connectivity index (χ1) is 15.9. The van der Waals surface area contributed by atoms with Crippen LogP contribution < -0.4 is 10.9 Å². The molecule has 0 saturated carbocycles. The second-order valence-electron chi connectivity index (χ2n) is 9.16. The molecule has 1 N–H and O–H groups in total. The molecule has 2 unspecified atom stereocenters. The van der Waals surface area contributed by atoms with Crippen LogP contribution in [0.3, 0.4) is 0 Å². The SMILES string of the molecule is CCC(C)c1cc2n(c(=O)c1COC=O)Cc1c-2nc2cc(F)c(C)c3c2c1C(NC)CC3. The summed E-state index contributed by atoms with van der Waals surface area (Å²) in [4.78, 5) is 29.3. The Bertz CT molecular complexity index is 1360. The molecular formula is C26H28FN3O3. The lowest BCUT2D eigenvalue weighted by Crippen LogP contribution is -2.27. The molecule has 172 valence electrons. The molecule has 0 fully saturated rings. The largest absolute Gasteiger partial charge is 0.463 e. The highest BCUT2D eigenvalue weighted by atomic mass is 19.1. The van der Waals surface area contributed by atoms with Gasteiger partial charge in [-0.15, -0.1) is 0 Å². The highest BCUT2D eigenvalue weighted by Gasteiger charge is 2.34. The molecule has 0 spiro atoms. The van der Waals surface area contributed by atoms with Crippen LogP contribution in [-0.2, 0) is 29.1 Å². The molecule has 2 atom stereocenters. The summed E-state index contributed by atoms with van der Waals surface area (Å²) in [6, 6.07) is 3.65. The number of benzene rings is 1. The van der Waals surface area contributed by atoms with Crippen molar-refractivity contribution in [3.8, 4) is 11.4 Å². The van der Waals surface area contributed by atoms with E-state index in [0.29, 0.717) is 29.7 Å². The van der Waals surface area contributed by atoms with E-state index in [1.54, 1.807) is 4.57 Å². The fourth-order valence-electron chi connectivity index (χ4n) is 5.57. The van der Waals surface area contributed by atoms with Gasteiger partial charge in [-0.1, -0.05) is 13.8 Å². The summed E-state index contributed by atoms with van der Waals surface area (Å²) in [6.07, 6.45) is 2.49. The van der Waals surface area contributed by atoms with E-state index in [1.165, 1.54) is 6.07 Å². The minimum atomic E-state index is -0.240. The van der Waals surface area contributed by atoms with Crippen molar-refractivity contribution < 1.29 is 13.9 Å². The molecule has 0 bridgehead atoms. The first-order valence-electron chi connectivity index (χ1n) is 11.5. The first kappa shape index (κ1) is 21.8. The molecule has 0 amide bonds. The third-order valence-corrected chi connectivity index (χ3v) is 7.56. The zero-order chi connectivity index (χ0) is 23.4. The standard InChI is InChI=1S/C26H28FN3O3/c1-5-13(2)16-8-22-25-17(10-30(22)26(32)18(16)11-33-12-31)24-20(28-4)7-6-15-14(3)19(27)9-21(29-25)23(15)24/h8-9,12-13,20,28H,5-7,10-11H2,1-4H3. The van der Waals surface area contributed by atoms with Crippen molar-refractivity contribution in [1.29, 1.82) is 0 Å². The Kier molecular flexibility index (Phi) is 5.32. The highest BCUT2D eigenvalue weighted by Crippen LogP contribution is 2.44. The Hall–Kier alpha value is -3.06. The number of hydrogen-bond donors (Lipinski definition) is 1. The van der Waals surface area contributed by atoms with Crippen LogP contribution in [0.5, 0.6) is 0 Å². The predicted molar refractivity (Wildman–Crippen MR) is 125 cm³/mol. The molecule has 1 aliphatic heterocycles. The van der Waals surface area contributed by atoms with Crippen LogP contribution in [0.4, 0.5) is 4.39 Å². The van der Waals surface area contributed by atoms with Crippen molar-refractivity contribution in [3.63, 3.8) is 0 Å². The van der Waals surface area contributed by atoms with E-state index in [9.17, 15) is 14.0 Å². The number of halogens is 1. The van der Waals surface area contributed by atoms with Crippen LogP contribution in [0.2, 0.25) is 0 Å². The minimum absolute atomic E-state index is 0.0470. The number of aromatic nitrogens is 2. The molecule has 0 radical (unpaired) electrons. The molecule has 7 heteroatoms. The van der Waals surface area contributed by atoms with Gasteiger partial charge in [0.05, 0.1) is 29.0 Å². The van der Waals surface area contributed by atoms with Gasteiger partial charge in [0.1, 0.15) is 12.4 Å². The zero-order valence-electron chi connectivity index (χ0n) is 19.4. The van der Waals surface area contributed by atoms with Crippen molar-refractivity contribution in [3.05, 3.63) is 61.7 Å². The van der Waals surface area contributed by atoms with E-state index < -0.39 is 0 Å². The lowest BCUT2D eigenvalue weighted by molar-refractivity contribution is -0.129. The normalized spacial score (nSPS) is 17.1. The van der Waals surface area contributed by atoms with Crippen molar-refractivity contribution in [2.24, 2.45) is 0 Å². The number of carbonyl (C=O) groups excluding carboxylic acids is 1. The van der Waals surface area contributed by atoms with Gasteiger partial charge in [-0.25, -0.2) is 9.37 Å². The molecule has 2 aromatic heterocycles. The minimum Gasteiger partial charge on any atom is -0.463 e. The fourth-order valence-corrected chi connectivity index (χ4v) is 5.57. The summed E-state index contributed by atoms with van der Waals surface area (Å²) in [7, 11) is 1.94. The van der Waals surface area contributed by atoms with Gasteiger partial charge in [-0.3, -0.25) is 9.59 Å². The molecule has 3 aromatic rings. The number of nitrogens with zero attached hydrogens (tertiary/aromatic N) is 2. The van der Waals surface area contributed by atoms with Crippen LogP contribution >= 0.6 is 0 Å². The van der Waals surface area contributed by atoms with Gasteiger partial charge in [0.25, 0.3) is 12.0 Å². The average molecular weight is 450 g/mol. The lowest BCUT2D eigenvalue weighted by atomic mass is 9.82. The number of fused-ring (bicyclic) bond motifs is 4. The molecule has 1 aliphatic carbocycles. The van der Waals surface area contributed by atoms with Gasteiger partial charge in [-0.05, 0) is 67.5 Å². The molecule has 6 nitrogen and oxygen atoms in total. The van der Waals surface area contributed by atoms with Crippen LogP contribution in [0.25, 0.3) is 22.3 Å². The number of ether oxygens (including phenoxy) is 1. The first-order valence-corrected chi connectivity index (χ1v) is 11.5. The molecule has 33 heavy (non-hydrogen) atoms. The van der Waals surface area contributed by atoms with Crippen LogP contribution in [-0.4, -0.2) is 23.1 Å². The van der Waals surface area contributed by atoms with E-state index in [1.807, 2.05) is 20.0 Å². The summed E-state index contributed by atoms with van der Waals surface area (Å²) < 4.78 is 21.5. The molecule has 3 heterocycles. The Morgan fingerprint density at radius 2 is 2.15 bits per heavy atom. The topological polar surface area (TPSA) is 73.2 Å². The Morgan fingerprint density at radius 3 is 2.85 bits per heavy atom. The van der Waals surface area contributed by atoms with E-state index in [4.69, 9.17) is 9.72 Å². The Labute approximate surface area is 191 Å². The second-order valence-corrected chi connectivity index (χ2v) is 9.16. The maximum Gasteiger partial charge on any atom is 0.293 e. The Morgan fingerprint density at radius 1 is 1.36 bits per heavy atom. The second kappa shape index (κ2) is 8.06. The van der Waals surface area contributed by atoms with Gasteiger partial charge < -0.3 is 14.6 Å². The van der Waals surface area contributed by atoms with Gasteiger partial charge in [0, 0.05) is 23.1 Å². The monoisotopic (exact) mass is 449 g/mol. The third kappa shape index (κ3) is 3.13. The van der Waals surface area contributed by atoms with Crippen molar-refractivity contribution in [2.75, 3.05) is 7.05 Å². The van der Waals surface area contributed by atoms with Crippen LogP contribution in [0.15, 0.2) is 16.9 Å². The molecule has 2 aliphatic rings. The molecular weight excluding hydrogens is 421 g/mol. The van der Waals surface area contributed by atoms with Crippen LogP contribution in [0.1, 0.15) is 72.0 Å². The smallest absolute Gasteiger partial charge is 0.293 e.